The molecule has 1 amide bonds. The monoisotopic (exact) mass is 431 g/mol. The summed E-state index contributed by atoms with van der Waals surface area (Å²) < 4.78 is 14.2. The highest BCUT2D eigenvalue weighted by Crippen LogP contribution is 2.61. The summed E-state index contributed by atoms with van der Waals surface area (Å²) in [6, 6.07) is 11.1. The van der Waals surface area contributed by atoms with Crippen molar-refractivity contribution in [3.8, 4) is 0 Å². The van der Waals surface area contributed by atoms with Gasteiger partial charge in [-0.1, -0.05) is 34.1 Å². The van der Waals surface area contributed by atoms with Gasteiger partial charge < -0.3 is 10.4 Å². The minimum atomic E-state index is -1.01. The van der Waals surface area contributed by atoms with Gasteiger partial charge in [0.2, 0.25) is 5.91 Å². The van der Waals surface area contributed by atoms with Crippen LogP contribution in [0.2, 0.25) is 0 Å². The van der Waals surface area contributed by atoms with Crippen LogP contribution >= 0.6 is 15.9 Å². The van der Waals surface area contributed by atoms with Gasteiger partial charge in [-0.05, 0) is 60.2 Å². The highest BCUT2D eigenvalue weighted by Gasteiger charge is 2.61. The number of benzene rings is 2. The third-order valence-electron chi connectivity index (χ3n) is 5.80. The minimum Gasteiger partial charge on any atom is -0.481 e. The van der Waals surface area contributed by atoms with Crippen LogP contribution in [0.4, 0.5) is 4.39 Å². The normalized spacial score (nSPS) is 23.7. The molecule has 140 valence electrons. The first-order valence-electron chi connectivity index (χ1n) is 8.95. The first kappa shape index (κ1) is 18.2. The second kappa shape index (κ2) is 6.75. The zero-order valence-electron chi connectivity index (χ0n) is 14.5. The summed E-state index contributed by atoms with van der Waals surface area (Å²) in [7, 11) is 0. The number of amides is 1. The first-order valence-corrected chi connectivity index (χ1v) is 9.75. The molecule has 3 atom stereocenters. The number of rotatable bonds is 5. The molecule has 2 aromatic carbocycles. The molecule has 2 aliphatic rings. The highest BCUT2D eigenvalue weighted by atomic mass is 79.9. The van der Waals surface area contributed by atoms with Crippen molar-refractivity contribution in [1.82, 2.24) is 5.32 Å². The molecule has 0 heterocycles. The number of carboxylic acid groups (broad SMARTS) is 1. The summed E-state index contributed by atoms with van der Waals surface area (Å²) in [5, 5.41) is 12.1. The molecule has 0 bridgehead atoms. The minimum absolute atomic E-state index is 0.114. The Morgan fingerprint density at radius 1 is 1.26 bits per heavy atom. The van der Waals surface area contributed by atoms with E-state index in [-0.39, 0.29) is 23.7 Å². The Labute approximate surface area is 164 Å². The number of nitrogens with one attached hydrogen (secondary N) is 1. The van der Waals surface area contributed by atoms with Crippen LogP contribution < -0.4 is 5.32 Å². The molecule has 27 heavy (non-hydrogen) atoms. The SMILES string of the molecule is O=C(O)CC(NC(=O)C1CC12CCc1cc(Br)ccc12)c1ccc(F)cc1. The summed E-state index contributed by atoms with van der Waals surface area (Å²) in [6.45, 7) is 0. The molecule has 1 spiro atoms. The standard InChI is InChI=1S/C21H19BrFNO3/c22-14-3-6-16-13(9-14)7-8-21(16)11-17(21)20(27)24-18(10-19(25)26)12-1-4-15(23)5-2-12/h1-6,9,17-18H,7-8,10-11H2,(H,24,27)(H,25,26). The second-order valence-electron chi connectivity index (χ2n) is 7.42. The van der Waals surface area contributed by atoms with Crippen molar-refractivity contribution in [3.63, 3.8) is 0 Å². The van der Waals surface area contributed by atoms with Gasteiger partial charge in [0.1, 0.15) is 5.82 Å². The van der Waals surface area contributed by atoms with Crippen LogP contribution in [0.3, 0.4) is 0 Å². The van der Waals surface area contributed by atoms with Crippen LogP contribution in [-0.2, 0) is 21.4 Å². The molecule has 2 N–H and O–H groups in total. The van der Waals surface area contributed by atoms with Gasteiger partial charge in [0.15, 0.2) is 0 Å². The van der Waals surface area contributed by atoms with Gasteiger partial charge in [-0.25, -0.2) is 4.39 Å². The average Bonchev–Trinajstić information content (AvgIpc) is 3.24. The van der Waals surface area contributed by atoms with Crippen molar-refractivity contribution < 1.29 is 19.1 Å². The van der Waals surface area contributed by atoms with E-state index in [9.17, 15) is 19.1 Å². The molecule has 1 saturated carbocycles. The number of aryl methyl sites for hydroxylation is 1. The van der Waals surface area contributed by atoms with Gasteiger partial charge in [0.25, 0.3) is 0 Å². The third kappa shape index (κ3) is 3.38. The lowest BCUT2D eigenvalue weighted by Gasteiger charge is -2.19. The lowest BCUT2D eigenvalue weighted by atomic mass is 9.94. The van der Waals surface area contributed by atoms with Crippen LogP contribution in [-0.4, -0.2) is 17.0 Å². The predicted octanol–water partition coefficient (Wildman–Crippen LogP) is 4.12. The quantitative estimate of drug-likeness (QED) is 0.747. The predicted molar refractivity (Wildman–Crippen MR) is 102 cm³/mol. The highest BCUT2D eigenvalue weighted by molar-refractivity contribution is 9.10. The summed E-state index contributed by atoms with van der Waals surface area (Å²) in [5.74, 6) is -1.67. The van der Waals surface area contributed by atoms with Gasteiger partial charge >= 0.3 is 5.97 Å². The third-order valence-corrected chi connectivity index (χ3v) is 6.30. The Kier molecular flexibility index (Phi) is 4.54. The van der Waals surface area contributed by atoms with Crippen molar-refractivity contribution >= 4 is 27.8 Å². The number of hydrogen-bond acceptors (Lipinski definition) is 2. The second-order valence-corrected chi connectivity index (χ2v) is 8.34. The zero-order valence-corrected chi connectivity index (χ0v) is 16.1. The van der Waals surface area contributed by atoms with E-state index in [0.717, 1.165) is 23.7 Å². The lowest BCUT2D eigenvalue weighted by Crippen LogP contribution is -2.33. The summed E-state index contributed by atoms with van der Waals surface area (Å²) in [4.78, 5) is 24.1. The largest absolute Gasteiger partial charge is 0.481 e. The number of carboxylic acids is 1. The number of carbonyl (C=O) groups is 2. The van der Waals surface area contributed by atoms with Crippen LogP contribution in [0.15, 0.2) is 46.9 Å². The average molecular weight is 432 g/mol. The fourth-order valence-electron chi connectivity index (χ4n) is 4.36. The molecule has 0 radical (unpaired) electrons. The Morgan fingerprint density at radius 3 is 2.70 bits per heavy atom. The summed E-state index contributed by atoms with van der Waals surface area (Å²) >= 11 is 3.49. The number of aliphatic carboxylic acids is 1. The molecule has 4 nitrogen and oxygen atoms in total. The van der Waals surface area contributed by atoms with E-state index in [1.165, 1.54) is 35.4 Å². The molecule has 3 unspecified atom stereocenters. The van der Waals surface area contributed by atoms with Crippen molar-refractivity contribution in [3.05, 3.63) is 69.4 Å². The van der Waals surface area contributed by atoms with Crippen LogP contribution in [0, 0.1) is 11.7 Å². The van der Waals surface area contributed by atoms with Crippen molar-refractivity contribution in [2.24, 2.45) is 5.92 Å². The van der Waals surface area contributed by atoms with Gasteiger partial charge in [-0.2, -0.15) is 0 Å². The van der Waals surface area contributed by atoms with E-state index in [1.807, 2.05) is 6.07 Å². The maximum Gasteiger partial charge on any atom is 0.305 e. The van der Waals surface area contributed by atoms with E-state index in [1.54, 1.807) is 0 Å². The number of fused-ring (bicyclic) bond motifs is 2. The molecular formula is C21H19BrFNO3. The van der Waals surface area contributed by atoms with Crippen molar-refractivity contribution in [2.45, 2.75) is 37.1 Å². The van der Waals surface area contributed by atoms with Crippen molar-refractivity contribution in [2.75, 3.05) is 0 Å². The molecule has 6 heteroatoms. The number of hydrogen-bond donors (Lipinski definition) is 2. The Balaban J connectivity index is 1.52. The molecule has 0 aromatic heterocycles. The number of halogens is 2. The van der Waals surface area contributed by atoms with E-state index in [4.69, 9.17) is 0 Å². The van der Waals surface area contributed by atoms with Gasteiger partial charge in [-0.15, -0.1) is 0 Å². The fraction of sp³-hybridized carbons (Fsp3) is 0.333. The van der Waals surface area contributed by atoms with Crippen LogP contribution in [0.1, 0.15) is 42.0 Å². The Morgan fingerprint density at radius 2 is 2.00 bits per heavy atom. The fourth-order valence-corrected chi connectivity index (χ4v) is 4.77. The summed E-state index contributed by atoms with van der Waals surface area (Å²) in [5.41, 5.74) is 3.00. The molecule has 2 aromatic rings. The smallest absolute Gasteiger partial charge is 0.305 e. The van der Waals surface area contributed by atoms with Gasteiger partial charge in [-0.3, -0.25) is 9.59 Å². The lowest BCUT2D eigenvalue weighted by molar-refractivity contribution is -0.137. The maximum atomic E-state index is 13.2. The van der Waals surface area contributed by atoms with Crippen molar-refractivity contribution in [1.29, 1.82) is 0 Å². The summed E-state index contributed by atoms with van der Waals surface area (Å²) in [6.07, 6.45) is 2.45. The molecule has 4 rings (SSSR count). The van der Waals surface area contributed by atoms with E-state index < -0.39 is 17.8 Å². The van der Waals surface area contributed by atoms with Crippen LogP contribution in [0.5, 0.6) is 0 Å². The molecule has 0 aliphatic heterocycles. The number of carbonyl (C=O) groups excluding carboxylic acids is 1. The first-order chi connectivity index (χ1) is 12.9. The Hall–Kier alpha value is -2.21. The molecule has 2 aliphatic carbocycles. The van der Waals surface area contributed by atoms with Gasteiger partial charge in [0, 0.05) is 15.8 Å². The molecular weight excluding hydrogens is 413 g/mol. The van der Waals surface area contributed by atoms with Gasteiger partial charge in [0.05, 0.1) is 12.5 Å². The van der Waals surface area contributed by atoms with Crippen LogP contribution in [0.25, 0.3) is 0 Å². The maximum absolute atomic E-state index is 13.2. The Bertz CT molecular complexity index is 914. The van der Waals surface area contributed by atoms with E-state index in [0.29, 0.717) is 5.56 Å². The van der Waals surface area contributed by atoms with E-state index in [2.05, 4.69) is 33.4 Å². The molecule has 0 saturated heterocycles. The zero-order chi connectivity index (χ0) is 19.2. The van der Waals surface area contributed by atoms with E-state index >= 15 is 0 Å². The topological polar surface area (TPSA) is 66.4 Å². The molecule has 1 fully saturated rings.